The molecule has 162 valence electrons. The lowest BCUT2D eigenvalue weighted by molar-refractivity contribution is 0.0154. The van der Waals surface area contributed by atoms with Crippen molar-refractivity contribution >= 4 is 23.2 Å². The maximum absolute atomic E-state index is 13.4. The van der Waals surface area contributed by atoms with Gasteiger partial charge in [-0.05, 0) is 38.9 Å². The first-order valence-corrected chi connectivity index (χ1v) is 10.8. The largest absolute Gasteiger partial charge is 0.487 e. The molecule has 5 rings (SSSR count). The first-order valence-electron chi connectivity index (χ1n) is 10.4. The number of carbonyl (C=O) groups is 1. The Kier molecular flexibility index (Phi) is 5.08. The zero-order chi connectivity index (χ0) is 21.7. The molecule has 0 aliphatic carbocycles. The fourth-order valence-corrected chi connectivity index (χ4v) is 4.41. The molecule has 2 aliphatic rings. The highest BCUT2D eigenvalue weighted by molar-refractivity contribution is 6.31. The van der Waals surface area contributed by atoms with Crippen LogP contribution in [0.2, 0.25) is 5.02 Å². The Labute approximate surface area is 184 Å². The van der Waals surface area contributed by atoms with Crippen LogP contribution in [0.4, 0.5) is 0 Å². The number of nitrogens with one attached hydrogen (secondary N) is 1. The number of aliphatic hydroxyl groups is 1. The molecule has 0 radical (unpaired) electrons. The lowest BCUT2D eigenvalue weighted by atomic mass is 10.1. The van der Waals surface area contributed by atoms with E-state index in [2.05, 4.69) is 15.4 Å². The average molecular weight is 442 g/mol. The first-order chi connectivity index (χ1) is 14.9. The van der Waals surface area contributed by atoms with E-state index >= 15 is 0 Å². The number of para-hydroxylation sites is 1. The number of ether oxygens (including phenoxy) is 1. The summed E-state index contributed by atoms with van der Waals surface area (Å²) in [5.74, 6) is 0.367. The second kappa shape index (κ2) is 7.78. The zero-order valence-corrected chi connectivity index (χ0v) is 18.2. The molecule has 0 saturated carbocycles. The van der Waals surface area contributed by atoms with Crippen molar-refractivity contribution in [1.82, 2.24) is 24.8 Å². The number of β-amino-alcohol motifs (C(OH)–C–C–N with tert-alkyl or cyclic N) is 1. The molecular weight excluding hydrogens is 418 g/mol. The predicted octanol–water partition coefficient (Wildman–Crippen LogP) is 2.26. The van der Waals surface area contributed by atoms with Gasteiger partial charge < -0.3 is 20.1 Å². The van der Waals surface area contributed by atoms with Crippen LogP contribution >= 0.6 is 11.6 Å². The molecule has 4 heterocycles. The van der Waals surface area contributed by atoms with E-state index in [1.807, 2.05) is 26.0 Å². The second-order valence-corrected chi connectivity index (χ2v) is 8.51. The molecule has 2 atom stereocenters. The predicted molar refractivity (Wildman–Crippen MR) is 115 cm³/mol. The monoisotopic (exact) mass is 441 g/mol. The van der Waals surface area contributed by atoms with E-state index in [4.69, 9.17) is 16.3 Å². The molecular formula is C22H24ClN5O3. The number of aromatic nitrogens is 3. The highest BCUT2D eigenvalue weighted by Gasteiger charge is 2.32. The van der Waals surface area contributed by atoms with Gasteiger partial charge in [-0.2, -0.15) is 5.10 Å². The molecule has 3 aromatic rings. The van der Waals surface area contributed by atoms with Gasteiger partial charge in [0, 0.05) is 12.1 Å². The topological polar surface area (TPSA) is 92.0 Å². The van der Waals surface area contributed by atoms with Gasteiger partial charge in [-0.15, -0.1) is 0 Å². The average Bonchev–Trinajstić information content (AvgIpc) is 3.33. The Morgan fingerprint density at radius 2 is 2.10 bits per heavy atom. The third kappa shape index (κ3) is 3.44. The Balaban J connectivity index is 1.41. The number of carbonyl (C=O) groups excluding carboxylic acids is 1. The number of fused-ring (bicyclic) bond motifs is 3. The third-order valence-corrected chi connectivity index (χ3v) is 6.57. The summed E-state index contributed by atoms with van der Waals surface area (Å²) in [6.45, 7) is 5.87. The van der Waals surface area contributed by atoms with Crippen LogP contribution in [0.25, 0.3) is 5.65 Å². The summed E-state index contributed by atoms with van der Waals surface area (Å²) < 4.78 is 7.83. The van der Waals surface area contributed by atoms with Gasteiger partial charge in [0.15, 0.2) is 5.65 Å². The van der Waals surface area contributed by atoms with E-state index in [1.54, 1.807) is 21.5 Å². The molecule has 8 nitrogen and oxygen atoms in total. The Morgan fingerprint density at radius 3 is 2.90 bits per heavy atom. The highest BCUT2D eigenvalue weighted by Crippen LogP contribution is 2.31. The maximum atomic E-state index is 13.4. The molecule has 0 bridgehead atoms. The number of amides is 1. The van der Waals surface area contributed by atoms with Crippen molar-refractivity contribution in [3.8, 4) is 5.75 Å². The van der Waals surface area contributed by atoms with Crippen molar-refractivity contribution in [2.24, 2.45) is 0 Å². The number of hydrogen-bond donors (Lipinski definition) is 2. The van der Waals surface area contributed by atoms with Crippen molar-refractivity contribution in [2.45, 2.75) is 45.6 Å². The van der Waals surface area contributed by atoms with Crippen LogP contribution in [-0.4, -0.2) is 55.8 Å². The highest BCUT2D eigenvalue weighted by atomic mass is 35.5. The number of aliphatic hydroxyl groups excluding tert-OH is 1. The van der Waals surface area contributed by atoms with Crippen LogP contribution in [0, 0.1) is 13.8 Å². The fraction of sp³-hybridized carbons (Fsp3) is 0.409. The summed E-state index contributed by atoms with van der Waals surface area (Å²) in [6, 6.07) is 7.21. The molecule has 1 saturated heterocycles. The van der Waals surface area contributed by atoms with E-state index < -0.39 is 6.10 Å². The molecule has 2 N–H and O–H groups in total. The van der Waals surface area contributed by atoms with Gasteiger partial charge >= 0.3 is 0 Å². The van der Waals surface area contributed by atoms with E-state index in [0.29, 0.717) is 42.4 Å². The third-order valence-electron chi connectivity index (χ3n) is 6.03. The number of rotatable bonds is 3. The minimum atomic E-state index is -0.606. The lowest BCUT2D eigenvalue weighted by Crippen LogP contribution is -2.46. The number of halogens is 1. The normalized spacial score (nSPS) is 20.8. The molecule has 0 spiro atoms. The van der Waals surface area contributed by atoms with E-state index in [9.17, 15) is 9.90 Å². The van der Waals surface area contributed by atoms with Gasteiger partial charge in [-0.1, -0.05) is 23.7 Å². The van der Waals surface area contributed by atoms with E-state index in [1.165, 1.54) is 0 Å². The van der Waals surface area contributed by atoms with Gasteiger partial charge in [0.2, 0.25) is 0 Å². The number of benzene rings is 1. The molecule has 1 amide bonds. The zero-order valence-electron chi connectivity index (χ0n) is 17.4. The van der Waals surface area contributed by atoms with Crippen LogP contribution in [0.1, 0.15) is 39.4 Å². The molecule has 1 aromatic carbocycles. The fourth-order valence-electron chi connectivity index (χ4n) is 4.29. The first kappa shape index (κ1) is 20.2. The SMILES string of the molecule is Cc1nc2c3c(nn2c(C)c1Cl)CN(C(=O)c1ccccc1O[C@H]1CCNC[C@H]1O)C3. The van der Waals surface area contributed by atoms with E-state index in [0.717, 1.165) is 34.8 Å². The number of piperidine rings is 1. The Bertz CT molecular complexity index is 1180. The molecule has 31 heavy (non-hydrogen) atoms. The van der Waals surface area contributed by atoms with E-state index in [-0.39, 0.29) is 12.0 Å². The number of hydrogen-bond acceptors (Lipinski definition) is 6. The van der Waals surface area contributed by atoms with Gasteiger partial charge in [0.05, 0.1) is 40.8 Å². The van der Waals surface area contributed by atoms with Crippen LogP contribution in [0.15, 0.2) is 24.3 Å². The standard InChI is InChI=1S/C22H24ClN5O3/c1-12-20(23)13(2)28-21(25-12)15-10-27(11-16(15)26-28)22(30)14-5-3-4-6-18(14)31-19-7-8-24-9-17(19)29/h3-6,17,19,24,29H,7-11H2,1-2H3/t17-,19+/m1/s1. The van der Waals surface area contributed by atoms with Crippen molar-refractivity contribution < 1.29 is 14.6 Å². The quantitative estimate of drug-likeness (QED) is 0.647. The Hall–Kier alpha value is -2.68. The second-order valence-electron chi connectivity index (χ2n) is 8.13. The summed E-state index contributed by atoms with van der Waals surface area (Å²) in [4.78, 5) is 19.7. The molecule has 2 aromatic heterocycles. The Morgan fingerprint density at radius 1 is 1.29 bits per heavy atom. The van der Waals surface area contributed by atoms with Gasteiger partial charge in [0.25, 0.3) is 5.91 Å². The molecule has 1 fully saturated rings. The van der Waals surface area contributed by atoms with Gasteiger partial charge in [-0.25, -0.2) is 9.50 Å². The van der Waals surface area contributed by atoms with Crippen LogP contribution in [0.5, 0.6) is 5.75 Å². The van der Waals surface area contributed by atoms with Crippen molar-refractivity contribution in [1.29, 1.82) is 0 Å². The summed E-state index contributed by atoms with van der Waals surface area (Å²) in [7, 11) is 0. The number of aryl methyl sites for hydroxylation is 2. The van der Waals surface area contributed by atoms with Gasteiger partial charge in [-0.3, -0.25) is 4.79 Å². The smallest absolute Gasteiger partial charge is 0.258 e. The molecule has 2 aliphatic heterocycles. The maximum Gasteiger partial charge on any atom is 0.258 e. The van der Waals surface area contributed by atoms with Crippen molar-refractivity contribution in [3.05, 3.63) is 57.5 Å². The van der Waals surface area contributed by atoms with Crippen LogP contribution in [0.3, 0.4) is 0 Å². The van der Waals surface area contributed by atoms with Crippen LogP contribution < -0.4 is 10.1 Å². The summed E-state index contributed by atoms with van der Waals surface area (Å²) >= 11 is 6.32. The number of nitrogens with zero attached hydrogens (tertiary/aromatic N) is 4. The molecule has 0 unspecified atom stereocenters. The minimum Gasteiger partial charge on any atom is -0.487 e. The van der Waals surface area contributed by atoms with Crippen molar-refractivity contribution in [3.63, 3.8) is 0 Å². The summed E-state index contributed by atoms with van der Waals surface area (Å²) in [5.41, 5.74) is 4.60. The molecule has 9 heteroatoms. The summed E-state index contributed by atoms with van der Waals surface area (Å²) in [6.07, 6.45) is -0.260. The summed E-state index contributed by atoms with van der Waals surface area (Å²) in [5, 5.41) is 18.6. The van der Waals surface area contributed by atoms with Crippen LogP contribution in [-0.2, 0) is 13.1 Å². The lowest BCUT2D eigenvalue weighted by Gasteiger charge is -2.29. The van der Waals surface area contributed by atoms with Crippen molar-refractivity contribution in [2.75, 3.05) is 13.1 Å². The van der Waals surface area contributed by atoms with Gasteiger partial charge in [0.1, 0.15) is 18.0 Å². The minimum absolute atomic E-state index is 0.127.